The van der Waals surface area contributed by atoms with Crippen LogP contribution in [0.15, 0.2) is 42.5 Å². The van der Waals surface area contributed by atoms with Gasteiger partial charge in [0.25, 0.3) is 0 Å². The van der Waals surface area contributed by atoms with Crippen molar-refractivity contribution in [1.82, 2.24) is 9.62 Å². The van der Waals surface area contributed by atoms with Crippen molar-refractivity contribution < 1.29 is 17.2 Å². The van der Waals surface area contributed by atoms with Gasteiger partial charge in [0.1, 0.15) is 11.6 Å². The molecular weight excluding hydrogens is 384 g/mol. The van der Waals surface area contributed by atoms with Crippen molar-refractivity contribution in [1.29, 1.82) is 0 Å². The number of hydrogen-bond acceptors (Lipinski definition) is 4. The molecule has 2 aromatic rings. The number of hydrogen-bond donors (Lipinski definition) is 1. The number of nitrogens with zero attached hydrogens (tertiary/aromatic N) is 2. The minimum absolute atomic E-state index is 0.339. The number of nitrogens with one attached hydrogen (secondary N) is 1. The summed E-state index contributed by atoms with van der Waals surface area (Å²) in [5.74, 6) is -1.24. The van der Waals surface area contributed by atoms with Gasteiger partial charge in [0.05, 0.1) is 5.75 Å². The average molecular weight is 410 g/mol. The van der Waals surface area contributed by atoms with Gasteiger partial charge >= 0.3 is 0 Å². The molecule has 1 aliphatic rings. The lowest BCUT2D eigenvalue weighted by Crippen LogP contribution is -2.45. The highest BCUT2D eigenvalue weighted by Crippen LogP contribution is 2.29. The highest BCUT2D eigenvalue weighted by Gasteiger charge is 2.23. The van der Waals surface area contributed by atoms with Gasteiger partial charge in [0.15, 0.2) is 0 Å². The second kappa shape index (κ2) is 8.55. The average Bonchev–Trinajstić information content (AvgIpc) is 2.61. The van der Waals surface area contributed by atoms with E-state index in [9.17, 15) is 17.2 Å². The van der Waals surface area contributed by atoms with Crippen molar-refractivity contribution in [3.63, 3.8) is 0 Å². The predicted molar refractivity (Wildman–Crippen MR) is 107 cm³/mol. The lowest BCUT2D eigenvalue weighted by atomic mass is 10.0. The van der Waals surface area contributed by atoms with Crippen LogP contribution in [0.5, 0.6) is 0 Å². The first-order valence-corrected chi connectivity index (χ1v) is 10.9. The van der Waals surface area contributed by atoms with E-state index in [2.05, 4.69) is 14.5 Å². The summed E-state index contributed by atoms with van der Waals surface area (Å²) in [6.07, 6.45) is 0. The molecule has 0 amide bonds. The van der Waals surface area contributed by atoms with Crippen LogP contribution in [-0.2, 0) is 15.8 Å². The molecule has 1 atom stereocenters. The second-order valence-electron chi connectivity index (χ2n) is 7.22. The molecule has 0 saturated carbocycles. The van der Waals surface area contributed by atoms with Crippen LogP contribution in [0.2, 0.25) is 0 Å². The molecule has 2 aromatic carbocycles. The number of halogens is 2. The number of anilines is 1. The van der Waals surface area contributed by atoms with Crippen LogP contribution in [0.4, 0.5) is 14.5 Å². The van der Waals surface area contributed by atoms with E-state index in [4.69, 9.17) is 0 Å². The first kappa shape index (κ1) is 20.7. The summed E-state index contributed by atoms with van der Waals surface area (Å²) in [6, 6.07) is 9.35. The van der Waals surface area contributed by atoms with Crippen LogP contribution < -0.4 is 9.62 Å². The summed E-state index contributed by atoms with van der Waals surface area (Å²) in [7, 11) is -1.69. The fraction of sp³-hybridized carbons (Fsp3) is 0.400. The maximum atomic E-state index is 13.9. The van der Waals surface area contributed by atoms with Crippen LogP contribution in [-0.4, -0.2) is 46.5 Å². The van der Waals surface area contributed by atoms with Crippen molar-refractivity contribution in [2.24, 2.45) is 0 Å². The van der Waals surface area contributed by atoms with Gasteiger partial charge in [-0.3, -0.25) is 0 Å². The number of piperazine rings is 1. The van der Waals surface area contributed by atoms with Crippen LogP contribution in [0.1, 0.15) is 24.1 Å². The third-order valence-corrected chi connectivity index (χ3v) is 6.33. The molecular formula is C20H25F2N3O2S. The van der Waals surface area contributed by atoms with Crippen molar-refractivity contribution in [3.05, 3.63) is 65.2 Å². The van der Waals surface area contributed by atoms with Crippen LogP contribution in [0.25, 0.3) is 0 Å². The summed E-state index contributed by atoms with van der Waals surface area (Å²) in [5, 5.41) is 0. The SMILES string of the molecule is CC(NS(=O)(=O)Cc1cccc(F)c1)c1cc(F)ccc1N1CCN(C)CC1. The largest absolute Gasteiger partial charge is 0.369 e. The lowest BCUT2D eigenvalue weighted by Gasteiger charge is -2.36. The maximum absolute atomic E-state index is 13.9. The zero-order chi connectivity index (χ0) is 20.3. The fourth-order valence-electron chi connectivity index (χ4n) is 3.43. The van der Waals surface area contributed by atoms with Crippen LogP contribution in [0, 0.1) is 11.6 Å². The van der Waals surface area contributed by atoms with E-state index < -0.39 is 27.7 Å². The Bertz CT molecular complexity index is 929. The van der Waals surface area contributed by atoms with Gasteiger partial charge in [-0.05, 0) is 55.4 Å². The van der Waals surface area contributed by atoms with E-state index in [1.165, 1.54) is 30.3 Å². The van der Waals surface area contributed by atoms with E-state index in [1.54, 1.807) is 19.1 Å². The molecule has 1 saturated heterocycles. The Morgan fingerprint density at radius 1 is 1.04 bits per heavy atom. The quantitative estimate of drug-likeness (QED) is 0.797. The molecule has 1 aliphatic heterocycles. The minimum atomic E-state index is -3.73. The Kier molecular flexibility index (Phi) is 6.32. The van der Waals surface area contributed by atoms with Crippen molar-refractivity contribution in [3.8, 4) is 0 Å². The molecule has 1 N–H and O–H groups in total. The van der Waals surface area contributed by atoms with Gasteiger partial charge in [-0.25, -0.2) is 21.9 Å². The van der Waals surface area contributed by atoms with Gasteiger partial charge in [0.2, 0.25) is 10.0 Å². The summed E-state index contributed by atoms with van der Waals surface area (Å²) < 4.78 is 55.0. The van der Waals surface area contributed by atoms with E-state index in [-0.39, 0.29) is 5.75 Å². The monoisotopic (exact) mass is 409 g/mol. The van der Waals surface area contributed by atoms with Crippen molar-refractivity contribution >= 4 is 15.7 Å². The molecule has 0 radical (unpaired) electrons. The van der Waals surface area contributed by atoms with E-state index in [1.807, 2.05) is 7.05 Å². The summed E-state index contributed by atoms with van der Waals surface area (Å²) in [6.45, 7) is 5.04. The summed E-state index contributed by atoms with van der Waals surface area (Å²) in [5.41, 5.74) is 1.78. The van der Waals surface area contributed by atoms with E-state index >= 15 is 0 Å². The van der Waals surface area contributed by atoms with Crippen molar-refractivity contribution in [2.75, 3.05) is 38.1 Å². The Hall–Kier alpha value is -2.03. The van der Waals surface area contributed by atoms with Gasteiger partial charge in [-0.2, -0.15) is 0 Å². The minimum Gasteiger partial charge on any atom is -0.369 e. The number of likely N-dealkylation sites (N-methyl/N-ethyl adjacent to an activating group) is 1. The summed E-state index contributed by atoms with van der Waals surface area (Å²) >= 11 is 0. The Morgan fingerprint density at radius 2 is 1.71 bits per heavy atom. The first-order chi connectivity index (χ1) is 13.2. The maximum Gasteiger partial charge on any atom is 0.216 e. The molecule has 5 nitrogen and oxygen atoms in total. The molecule has 0 aliphatic carbocycles. The van der Waals surface area contributed by atoms with Gasteiger partial charge in [0, 0.05) is 37.9 Å². The topological polar surface area (TPSA) is 52.7 Å². The van der Waals surface area contributed by atoms with E-state index in [0.717, 1.165) is 31.9 Å². The normalized spacial score (nSPS) is 16.9. The van der Waals surface area contributed by atoms with Gasteiger partial charge in [-0.15, -0.1) is 0 Å². The summed E-state index contributed by atoms with van der Waals surface area (Å²) in [4.78, 5) is 4.36. The number of sulfonamides is 1. The van der Waals surface area contributed by atoms with Gasteiger partial charge < -0.3 is 9.80 Å². The molecule has 1 heterocycles. The van der Waals surface area contributed by atoms with Crippen molar-refractivity contribution in [2.45, 2.75) is 18.7 Å². The standard InChI is InChI=1S/C20H25F2N3O2S/c1-15(23-28(26,27)14-16-4-3-5-17(21)12-16)19-13-18(22)6-7-20(19)25-10-8-24(2)9-11-25/h3-7,12-13,15,23H,8-11,14H2,1-2H3. The highest BCUT2D eigenvalue weighted by molar-refractivity contribution is 7.88. The molecule has 8 heteroatoms. The highest BCUT2D eigenvalue weighted by atomic mass is 32.2. The molecule has 0 spiro atoms. The molecule has 0 aromatic heterocycles. The van der Waals surface area contributed by atoms with Crippen LogP contribution >= 0.6 is 0 Å². The van der Waals surface area contributed by atoms with Crippen LogP contribution in [0.3, 0.4) is 0 Å². The molecule has 3 rings (SSSR count). The molecule has 0 bridgehead atoms. The Morgan fingerprint density at radius 3 is 2.39 bits per heavy atom. The predicted octanol–water partition coefficient (Wildman–Crippen LogP) is 2.90. The second-order valence-corrected chi connectivity index (χ2v) is 8.98. The Balaban J connectivity index is 1.79. The van der Waals surface area contributed by atoms with E-state index in [0.29, 0.717) is 11.1 Å². The zero-order valence-corrected chi connectivity index (χ0v) is 16.8. The first-order valence-electron chi connectivity index (χ1n) is 9.21. The molecule has 28 heavy (non-hydrogen) atoms. The fourth-order valence-corrected chi connectivity index (χ4v) is 4.80. The lowest BCUT2D eigenvalue weighted by molar-refractivity contribution is 0.312. The molecule has 1 unspecified atom stereocenters. The van der Waals surface area contributed by atoms with Gasteiger partial charge in [-0.1, -0.05) is 12.1 Å². The smallest absolute Gasteiger partial charge is 0.216 e. The number of rotatable bonds is 6. The molecule has 1 fully saturated rings. The molecule has 152 valence electrons. The third-order valence-electron chi connectivity index (χ3n) is 4.90. The Labute approximate surface area is 165 Å². The third kappa shape index (κ3) is 5.27. The number of benzene rings is 2. The zero-order valence-electron chi connectivity index (χ0n) is 16.0.